The maximum Gasteiger partial charge on any atom is 0.271 e. The fraction of sp³-hybridized carbons (Fsp3) is 0.455. The molecule has 0 heterocycles. The molecule has 1 aromatic rings. The van der Waals surface area contributed by atoms with Crippen molar-refractivity contribution < 1.29 is 13.3 Å². The van der Waals surface area contributed by atoms with Crippen LogP contribution in [-0.4, -0.2) is 19.9 Å². The first-order valence-corrected chi connectivity index (χ1v) is 7.05. The average molecular weight is 287 g/mol. The zero-order valence-electron chi connectivity index (χ0n) is 11.0. The predicted molar refractivity (Wildman–Crippen MR) is 72.2 cm³/mol. The highest BCUT2D eigenvalue weighted by Gasteiger charge is 2.22. The van der Waals surface area contributed by atoms with Crippen molar-refractivity contribution in [2.45, 2.75) is 25.7 Å². The molecule has 0 aliphatic carbocycles. The average Bonchev–Trinajstić information content (AvgIpc) is 2.25. The summed E-state index contributed by atoms with van der Waals surface area (Å²) in [6.45, 7) is 5.89. The van der Waals surface area contributed by atoms with E-state index in [0.29, 0.717) is 0 Å². The van der Waals surface area contributed by atoms with Gasteiger partial charge < -0.3 is 5.73 Å². The monoisotopic (exact) mass is 287 g/mol. The fourth-order valence-electron chi connectivity index (χ4n) is 1.28. The standard InChI is InChI=1S/C11H17N3O4S/c1-11(2,3)7-13-19(17,18)10-5-4-8(14(15)16)6-9(10)12/h4-6,13H,7,12H2,1-3H3. The van der Waals surface area contributed by atoms with Crippen molar-refractivity contribution in [1.82, 2.24) is 4.72 Å². The quantitative estimate of drug-likeness (QED) is 0.494. The third kappa shape index (κ3) is 4.18. The molecule has 0 fully saturated rings. The van der Waals surface area contributed by atoms with Gasteiger partial charge in [0.2, 0.25) is 10.0 Å². The van der Waals surface area contributed by atoms with E-state index in [0.717, 1.165) is 18.2 Å². The Labute approximate surface area is 112 Å². The number of nitrogen functional groups attached to an aromatic ring is 1. The highest BCUT2D eigenvalue weighted by atomic mass is 32.2. The molecular formula is C11H17N3O4S. The lowest BCUT2D eigenvalue weighted by atomic mass is 9.98. The number of nitro benzene ring substituents is 1. The number of nitrogens with zero attached hydrogens (tertiary/aromatic N) is 1. The Morgan fingerprint density at radius 1 is 1.37 bits per heavy atom. The molecule has 0 aliphatic rings. The molecule has 0 atom stereocenters. The van der Waals surface area contributed by atoms with Gasteiger partial charge in [0, 0.05) is 18.7 Å². The van der Waals surface area contributed by atoms with Gasteiger partial charge in [-0.2, -0.15) is 0 Å². The van der Waals surface area contributed by atoms with Crippen LogP contribution >= 0.6 is 0 Å². The molecular weight excluding hydrogens is 270 g/mol. The Morgan fingerprint density at radius 2 is 1.95 bits per heavy atom. The minimum Gasteiger partial charge on any atom is -0.397 e. The van der Waals surface area contributed by atoms with Crippen molar-refractivity contribution in [1.29, 1.82) is 0 Å². The van der Waals surface area contributed by atoms with E-state index < -0.39 is 14.9 Å². The van der Waals surface area contributed by atoms with Crippen LogP contribution in [0.4, 0.5) is 11.4 Å². The van der Waals surface area contributed by atoms with E-state index in [-0.39, 0.29) is 28.2 Å². The van der Waals surface area contributed by atoms with Crippen LogP contribution in [0, 0.1) is 15.5 Å². The highest BCUT2D eigenvalue weighted by molar-refractivity contribution is 7.89. The molecule has 0 spiro atoms. The summed E-state index contributed by atoms with van der Waals surface area (Å²) in [6, 6.07) is 3.28. The minimum atomic E-state index is -3.76. The predicted octanol–water partition coefficient (Wildman–Crippen LogP) is 1.50. The molecule has 0 unspecified atom stereocenters. The first-order chi connectivity index (χ1) is 8.53. The van der Waals surface area contributed by atoms with E-state index >= 15 is 0 Å². The van der Waals surface area contributed by atoms with Gasteiger partial charge in [-0.1, -0.05) is 20.8 Å². The van der Waals surface area contributed by atoms with Gasteiger partial charge in [-0.15, -0.1) is 0 Å². The van der Waals surface area contributed by atoms with Crippen LogP contribution in [0.15, 0.2) is 23.1 Å². The SMILES string of the molecule is CC(C)(C)CNS(=O)(=O)c1ccc([N+](=O)[O-])cc1N. The van der Waals surface area contributed by atoms with Gasteiger partial charge >= 0.3 is 0 Å². The Morgan fingerprint density at radius 3 is 2.37 bits per heavy atom. The number of nitrogens with one attached hydrogen (secondary N) is 1. The summed E-state index contributed by atoms with van der Waals surface area (Å²) in [6.07, 6.45) is 0. The number of anilines is 1. The van der Waals surface area contributed by atoms with Crippen molar-refractivity contribution >= 4 is 21.4 Å². The summed E-state index contributed by atoms with van der Waals surface area (Å²) in [4.78, 5) is 9.78. The number of benzene rings is 1. The number of rotatable bonds is 4. The molecule has 19 heavy (non-hydrogen) atoms. The Bertz CT molecular complexity index is 590. The Balaban J connectivity index is 3.06. The van der Waals surface area contributed by atoms with Gasteiger partial charge in [0.15, 0.2) is 0 Å². The fourth-order valence-corrected chi connectivity index (χ4v) is 2.68. The lowest BCUT2D eigenvalue weighted by molar-refractivity contribution is -0.384. The van der Waals surface area contributed by atoms with E-state index in [4.69, 9.17) is 5.73 Å². The van der Waals surface area contributed by atoms with Crippen LogP contribution in [0.1, 0.15) is 20.8 Å². The first kappa shape index (κ1) is 15.4. The topological polar surface area (TPSA) is 115 Å². The lowest BCUT2D eigenvalue weighted by Crippen LogP contribution is -2.32. The molecule has 8 heteroatoms. The molecule has 0 saturated carbocycles. The van der Waals surface area contributed by atoms with E-state index in [1.807, 2.05) is 20.8 Å². The largest absolute Gasteiger partial charge is 0.397 e. The zero-order valence-corrected chi connectivity index (χ0v) is 11.8. The zero-order chi connectivity index (χ0) is 14.8. The second kappa shape index (κ2) is 5.14. The number of nitrogens with two attached hydrogens (primary N) is 1. The number of hydrogen-bond acceptors (Lipinski definition) is 5. The summed E-state index contributed by atoms with van der Waals surface area (Å²) in [5, 5.41) is 10.6. The maximum atomic E-state index is 12.0. The minimum absolute atomic E-state index is 0.143. The van der Waals surface area contributed by atoms with Gasteiger partial charge in [-0.3, -0.25) is 10.1 Å². The second-order valence-electron chi connectivity index (χ2n) is 5.36. The lowest BCUT2D eigenvalue weighted by Gasteiger charge is -2.19. The van der Waals surface area contributed by atoms with Crippen LogP contribution in [0.2, 0.25) is 0 Å². The molecule has 0 aromatic heterocycles. The summed E-state index contributed by atoms with van der Waals surface area (Å²) >= 11 is 0. The third-order valence-corrected chi connectivity index (χ3v) is 3.76. The van der Waals surface area contributed by atoms with Gasteiger partial charge in [-0.25, -0.2) is 13.1 Å². The van der Waals surface area contributed by atoms with Crippen LogP contribution in [0.25, 0.3) is 0 Å². The van der Waals surface area contributed by atoms with E-state index in [2.05, 4.69) is 4.72 Å². The second-order valence-corrected chi connectivity index (χ2v) is 7.10. The maximum absolute atomic E-state index is 12.0. The molecule has 0 bridgehead atoms. The molecule has 0 aliphatic heterocycles. The Hall–Kier alpha value is -1.67. The molecule has 0 radical (unpaired) electrons. The van der Waals surface area contributed by atoms with Crippen LogP contribution in [-0.2, 0) is 10.0 Å². The van der Waals surface area contributed by atoms with Crippen molar-refractivity contribution in [2.24, 2.45) is 5.41 Å². The smallest absolute Gasteiger partial charge is 0.271 e. The normalized spacial score (nSPS) is 12.4. The molecule has 0 amide bonds. The van der Waals surface area contributed by atoms with Crippen molar-refractivity contribution in [3.63, 3.8) is 0 Å². The third-order valence-electron chi connectivity index (χ3n) is 2.29. The summed E-state index contributed by atoms with van der Waals surface area (Å²) in [5.74, 6) is 0. The van der Waals surface area contributed by atoms with Crippen LogP contribution in [0.3, 0.4) is 0 Å². The Kier molecular flexibility index (Phi) is 4.16. The van der Waals surface area contributed by atoms with E-state index in [9.17, 15) is 18.5 Å². The van der Waals surface area contributed by atoms with E-state index in [1.54, 1.807) is 0 Å². The molecule has 3 N–H and O–H groups in total. The summed E-state index contributed by atoms with van der Waals surface area (Å²) < 4.78 is 26.5. The number of nitro groups is 1. The van der Waals surface area contributed by atoms with Crippen molar-refractivity contribution in [2.75, 3.05) is 12.3 Å². The van der Waals surface area contributed by atoms with E-state index in [1.165, 1.54) is 0 Å². The molecule has 1 rings (SSSR count). The first-order valence-electron chi connectivity index (χ1n) is 5.56. The molecule has 1 aromatic carbocycles. The summed E-state index contributed by atoms with van der Waals surface area (Å²) in [5.41, 5.74) is 4.96. The number of sulfonamides is 1. The van der Waals surface area contributed by atoms with Gasteiger partial charge in [0.1, 0.15) is 4.90 Å². The van der Waals surface area contributed by atoms with Crippen molar-refractivity contribution in [3.8, 4) is 0 Å². The van der Waals surface area contributed by atoms with Gasteiger partial charge in [-0.05, 0) is 11.5 Å². The van der Waals surface area contributed by atoms with Crippen LogP contribution in [0.5, 0.6) is 0 Å². The highest BCUT2D eigenvalue weighted by Crippen LogP contribution is 2.24. The van der Waals surface area contributed by atoms with Crippen LogP contribution < -0.4 is 10.5 Å². The summed E-state index contributed by atoms with van der Waals surface area (Å²) in [7, 11) is -3.76. The molecule has 0 saturated heterocycles. The number of hydrogen-bond donors (Lipinski definition) is 2. The molecule has 7 nitrogen and oxygen atoms in total. The molecule has 106 valence electrons. The van der Waals surface area contributed by atoms with Gasteiger partial charge in [0.25, 0.3) is 5.69 Å². The number of non-ortho nitro benzene ring substituents is 1. The van der Waals surface area contributed by atoms with Gasteiger partial charge in [0.05, 0.1) is 10.6 Å². The van der Waals surface area contributed by atoms with Crippen molar-refractivity contribution in [3.05, 3.63) is 28.3 Å².